The zero-order valence-corrected chi connectivity index (χ0v) is 26.0. The molecule has 5 rings (SSSR count). The molecule has 238 valence electrons. The number of benzene rings is 1. The number of oxime groups is 1. The number of ether oxygens (including phenoxy) is 1. The topological polar surface area (TPSA) is 157 Å². The van der Waals surface area contributed by atoms with Gasteiger partial charge >= 0.3 is 11.7 Å². The van der Waals surface area contributed by atoms with Gasteiger partial charge < -0.3 is 20.0 Å². The number of phenolic OH excluding ortho intramolecular Hbond substituents is 1. The summed E-state index contributed by atoms with van der Waals surface area (Å²) in [7, 11) is 1.18. The van der Waals surface area contributed by atoms with Crippen molar-refractivity contribution < 1.29 is 34.0 Å². The maximum Gasteiger partial charge on any atom is 0.328 e. The van der Waals surface area contributed by atoms with Gasteiger partial charge in [0.1, 0.15) is 11.8 Å². The van der Waals surface area contributed by atoms with E-state index >= 15 is 0 Å². The molecule has 1 amide bonds. The van der Waals surface area contributed by atoms with E-state index in [2.05, 4.69) is 30.4 Å². The molecule has 0 heterocycles. The fourth-order valence-corrected chi connectivity index (χ4v) is 9.13. The smallest absolute Gasteiger partial charge is 0.328 e. The molecule has 3 fully saturated rings. The van der Waals surface area contributed by atoms with Crippen LogP contribution in [-0.2, 0) is 30.4 Å². The average Bonchev–Trinajstić information content (AvgIpc) is 3.35. The summed E-state index contributed by atoms with van der Waals surface area (Å²) >= 11 is 0. The first kappa shape index (κ1) is 31.7. The van der Waals surface area contributed by atoms with Crippen molar-refractivity contribution in [1.82, 2.24) is 5.32 Å². The molecule has 0 bridgehead atoms. The molecule has 0 saturated heterocycles. The number of aromatic hydroxyl groups is 1. The largest absolute Gasteiger partial charge is 0.502 e. The minimum atomic E-state index is -1.11. The number of hydrogen-bond donors (Lipinski definition) is 2. The van der Waals surface area contributed by atoms with Crippen molar-refractivity contribution in [3.05, 3.63) is 45.5 Å². The Labute approximate surface area is 257 Å². The third kappa shape index (κ3) is 5.85. The number of hydrogen-bond acceptors (Lipinski definition) is 9. The minimum absolute atomic E-state index is 0.0731. The number of nitro benzene ring substituents is 1. The summed E-state index contributed by atoms with van der Waals surface area (Å²) in [5.41, 5.74) is 2.30. The van der Waals surface area contributed by atoms with Crippen LogP contribution >= 0.6 is 0 Å². The Morgan fingerprint density at radius 2 is 1.91 bits per heavy atom. The Morgan fingerprint density at radius 1 is 1.14 bits per heavy atom. The molecule has 4 aliphatic carbocycles. The fourth-order valence-electron chi connectivity index (χ4n) is 9.13. The second-order valence-electron chi connectivity index (χ2n) is 13.6. The molecule has 11 nitrogen and oxygen atoms in total. The van der Waals surface area contributed by atoms with Crippen LogP contribution in [0.2, 0.25) is 0 Å². The molecule has 1 aromatic carbocycles. The molecule has 0 spiro atoms. The summed E-state index contributed by atoms with van der Waals surface area (Å²) in [6.07, 6.45) is 10.4. The summed E-state index contributed by atoms with van der Waals surface area (Å²) in [6, 6.07) is 2.65. The maximum absolute atomic E-state index is 12.7. The summed E-state index contributed by atoms with van der Waals surface area (Å²) in [5.74, 6) is 0.626. The van der Waals surface area contributed by atoms with Crippen LogP contribution in [0.5, 0.6) is 5.75 Å². The Kier molecular flexibility index (Phi) is 8.87. The highest BCUT2D eigenvalue weighted by Gasteiger charge is 2.59. The lowest BCUT2D eigenvalue weighted by Crippen LogP contribution is -2.51. The molecule has 1 aromatic rings. The van der Waals surface area contributed by atoms with Crippen LogP contribution in [0.15, 0.2) is 35.0 Å². The van der Waals surface area contributed by atoms with E-state index in [1.165, 1.54) is 24.8 Å². The van der Waals surface area contributed by atoms with Gasteiger partial charge in [-0.25, -0.2) is 4.79 Å². The van der Waals surface area contributed by atoms with Crippen molar-refractivity contribution in [2.45, 2.75) is 84.6 Å². The quantitative estimate of drug-likeness (QED) is 0.224. The van der Waals surface area contributed by atoms with Crippen molar-refractivity contribution in [3.8, 4) is 5.75 Å². The zero-order valence-electron chi connectivity index (χ0n) is 26.0. The first-order chi connectivity index (χ1) is 20.9. The number of nitrogens with one attached hydrogen (secondary N) is 1. The highest BCUT2D eigenvalue weighted by Crippen LogP contribution is 2.66. The Balaban J connectivity index is 1.19. The van der Waals surface area contributed by atoms with Crippen LogP contribution in [-0.4, -0.2) is 53.2 Å². The predicted molar refractivity (Wildman–Crippen MR) is 162 cm³/mol. The molecule has 4 aliphatic rings. The second-order valence-corrected chi connectivity index (χ2v) is 13.6. The van der Waals surface area contributed by atoms with Crippen LogP contribution in [0.4, 0.5) is 5.69 Å². The number of nitrogens with zero attached hydrogens (tertiary/aromatic N) is 2. The Morgan fingerprint density at radius 3 is 2.61 bits per heavy atom. The van der Waals surface area contributed by atoms with Gasteiger partial charge in [0, 0.05) is 18.4 Å². The summed E-state index contributed by atoms with van der Waals surface area (Å²) in [6.45, 7) is 6.13. The lowest BCUT2D eigenvalue weighted by atomic mass is 9.46. The highest BCUT2D eigenvalue weighted by molar-refractivity contribution is 5.96. The van der Waals surface area contributed by atoms with Crippen molar-refractivity contribution >= 4 is 29.1 Å². The molecule has 0 aliphatic heterocycles. The number of rotatable bonds is 9. The van der Waals surface area contributed by atoms with Gasteiger partial charge in [-0.05, 0) is 105 Å². The normalized spacial score (nSPS) is 32.4. The summed E-state index contributed by atoms with van der Waals surface area (Å²) < 4.78 is 4.80. The van der Waals surface area contributed by atoms with E-state index in [1.54, 1.807) is 6.92 Å². The number of allylic oxidation sites excluding steroid dienone is 2. The van der Waals surface area contributed by atoms with Gasteiger partial charge in [-0.15, -0.1) is 0 Å². The zero-order chi connectivity index (χ0) is 31.8. The summed E-state index contributed by atoms with van der Waals surface area (Å²) in [4.78, 5) is 53.3. The molecule has 0 unspecified atom stereocenters. The number of fused-ring (bicyclic) bond motifs is 5. The van der Waals surface area contributed by atoms with E-state index < -0.39 is 40.9 Å². The molecule has 11 heteroatoms. The Hall–Kier alpha value is -3.76. The maximum atomic E-state index is 12.7. The molecule has 44 heavy (non-hydrogen) atoms. The van der Waals surface area contributed by atoms with E-state index in [1.807, 2.05) is 0 Å². The monoisotopic (exact) mass is 609 g/mol. The van der Waals surface area contributed by atoms with E-state index in [9.17, 15) is 29.6 Å². The van der Waals surface area contributed by atoms with Crippen molar-refractivity contribution in [1.29, 1.82) is 0 Å². The highest BCUT2D eigenvalue weighted by atomic mass is 16.6. The molecule has 2 N–H and O–H groups in total. The van der Waals surface area contributed by atoms with E-state index in [0.717, 1.165) is 63.1 Å². The number of ketones is 1. The van der Waals surface area contributed by atoms with Crippen LogP contribution < -0.4 is 5.32 Å². The van der Waals surface area contributed by atoms with Gasteiger partial charge in [-0.2, -0.15) is 0 Å². The van der Waals surface area contributed by atoms with Crippen molar-refractivity contribution in [2.24, 2.45) is 39.7 Å². The first-order valence-electron chi connectivity index (χ1n) is 15.6. The summed E-state index contributed by atoms with van der Waals surface area (Å²) in [5, 5.41) is 27.7. The number of nitro groups is 1. The van der Waals surface area contributed by atoms with Crippen LogP contribution in [0.1, 0.15) is 77.7 Å². The van der Waals surface area contributed by atoms with Gasteiger partial charge in [-0.3, -0.25) is 19.7 Å². The fraction of sp³-hybridized carbons (Fsp3) is 0.636. The van der Waals surface area contributed by atoms with Gasteiger partial charge in [0.25, 0.3) is 5.91 Å². The standard InChI is InChI=1S/C33H43N3O8/c1-19(37)24-8-9-25-23-7-6-21-17-22(11-13-32(21,2)26(23)12-14-33(24,25)3)35-44-18-30(39)34-27(31(40)43-4)15-20-5-10-29(38)28(16-20)36(41)42/h5,10,16-17,23-27,38H,6-9,11-15,18H2,1-4H3,(H,34,39)/t23-,24-,25+,26+,27+,32+,33-/m1/s1. The number of Topliss-reactive ketones (excluding diaryl/α,β-unsaturated/α-hetero) is 1. The lowest BCUT2D eigenvalue weighted by Gasteiger charge is -2.58. The van der Waals surface area contributed by atoms with E-state index in [-0.39, 0.29) is 23.2 Å². The SMILES string of the molecule is COC(=O)[C@H](Cc1ccc(O)c([N+](=O)[O-])c1)NC(=O)CON=C1C=C2CC[C@@H]3[C@@H]4CC[C@H](C(C)=O)[C@@]4(C)CC[C@@H]3[C@@]2(C)CC1. The minimum Gasteiger partial charge on any atom is -0.502 e. The number of amides is 1. The van der Waals surface area contributed by atoms with E-state index in [4.69, 9.17) is 9.57 Å². The van der Waals surface area contributed by atoms with Crippen molar-refractivity contribution in [3.63, 3.8) is 0 Å². The number of methoxy groups -OCH3 is 1. The van der Waals surface area contributed by atoms with Crippen LogP contribution in [0.3, 0.4) is 0 Å². The van der Waals surface area contributed by atoms with Gasteiger partial charge in [-0.1, -0.05) is 30.6 Å². The number of carbonyl (C=O) groups excluding carboxylic acids is 3. The number of phenols is 1. The van der Waals surface area contributed by atoms with Crippen LogP contribution in [0, 0.1) is 44.6 Å². The number of esters is 1. The van der Waals surface area contributed by atoms with Gasteiger partial charge in [0.2, 0.25) is 0 Å². The molecule has 3 saturated carbocycles. The average molecular weight is 610 g/mol. The van der Waals surface area contributed by atoms with Crippen LogP contribution in [0.25, 0.3) is 0 Å². The van der Waals surface area contributed by atoms with E-state index in [0.29, 0.717) is 29.1 Å². The first-order valence-corrected chi connectivity index (χ1v) is 15.6. The second kappa shape index (κ2) is 12.3. The molecular weight excluding hydrogens is 566 g/mol. The molecule has 0 aromatic heterocycles. The van der Waals surface area contributed by atoms with Gasteiger partial charge in [0.15, 0.2) is 12.4 Å². The third-order valence-corrected chi connectivity index (χ3v) is 11.3. The number of carbonyl (C=O) groups is 3. The van der Waals surface area contributed by atoms with Crippen molar-refractivity contribution in [2.75, 3.05) is 13.7 Å². The molecular formula is C33H43N3O8. The third-order valence-electron chi connectivity index (χ3n) is 11.3. The Bertz CT molecular complexity index is 1410. The molecule has 0 radical (unpaired) electrons. The lowest BCUT2D eigenvalue weighted by molar-refractivity contribution is -0.385. The van der Waals surface area contributed by atoms with Gasteiger partial charge in [0.05, 0.1) is 17.7 Å². The predicted octanol–water partition coefficient (Wildman–Crippen LogP) is 5.04. The molecule has 7 atom stereocenters.